The van der Waals surface area contributed by atoms with Gasteiger partial charge in [0.2, 0.25) is 0 Å². The van der Waals surface area contributed by atoms with Crippen molar-refractivity contribution in [2.45, 2.75) is 57.8 Å². The monoisotopic (exact) mass is 580 g/mol. The van der Waals surface area contributed by atoms with Crippen LogP contribution in [0.25, 0.3) is 22.4 Å². The van der Waals surface area contributed by atoms with Crippen molar-refractivity contribution in [2.75, 3.05) is 0 Å². The van der Waals surface area contributed by atoms with Crippen molar-refractivity contribution in [2.24, 2.45) is 0 Å². The van der Waals surface area contributed by atoms with Crippen LogP contribution in [0.15, 0.2) is 84.9 Å². The summed E-state index contributed by atoms with van der Waals surface area (Å²) in [7, 11) is 0. The Labute approximate surface area is 268 Å². The smallest absolute Gasteiger partial charge is 0.550 e. The molecule has 2 N–H and O–H groups in total. The topological polar surface area (TPSA) is 119 Å². The predicted octanol–water partition coefficient (Wildman–Crippen LogP) is 2.66. The van der Waals surface area contributed by atoms with Crippen LogP contribution >= 0.6 is 0 Å². The largest absolute Gasteiger partial charge is 1.00 e. The molecule has 1 aromatic heterocycles. The van der Waals surface area contributed by atoms with Gasteiger partial charge in [0.15, 0.2) is 5.75 Å². The molecule has 214 valence electrons. The first kappa shape index (κ1) is 34.7. The minimum absolute atomic E-state index is 0. The van der Waals surface area contributed by atoms with Gasteiger partial charge in [0.1, 0.15) is 11.6 Å². The number of halogens is 1. The Kier molecular flexibility index (Phi) is 13.9. The third-order valence-corrected chi connectivity index (χ3v) is 6.58. The Morgan fingerprint density at radius 1 is 0.929 bits per heavy atom. The maximum absolute atomic E-state index is 14.0. The number of aromatic nitrogens is 1. The summed E-state index contributed by atoms with van der Waals surface area (Å²) in [5.74, 6) is -0.351. The van der Waals surface area contributed by atoms with E-state index in [1.807, 2.05) is 60.7 Å². The van der Waals surface area contributed by atoms with Crippen LogP contribution in [0.2, 0.25) is 0 Å². The van der Waals surface area contributed by atoms with Gasteiger partial charge in [0, 0.05) is 25.5 Å². The van der Waals surface area contributed by atoms with E-state index in [0.717, 1.165) is 28.1 Å². The Morgan fingerprint density at radius 2 is 1.50 bits per heavy atom. The molecule has 4 aromatic rings. The second-order valence-electron chi connectivity index (χ2n) is 9.94. The van der Waals surface area contributed by atoms with Crippen LogP contribution in [0.3, 0.4) is 0 Å². The quantitative estimate of drug-likeness (QED) is 0.249. The number of aliphatic carboxylic acids is 1. The van der Waals surface area contributed by atoms with Gasteiger partial charge in [0.25, 0.3) is 0 Å². The van der Waals surface area contributed by atoms with Crippen LogP contribution in [0.1, 0.15) is 44.7 Å². The molecule has 2 atom stereocenters. The molecular formula is C33H34FN2NaO5. The van der Waals surface area contributed by atoms with Crippen molar-refractivity contribution in [1.29, 1.82) is 5.26 Å². The summed E-state index contributed by atoms with van der Waals surface area (Å²) in [5, 5.41) is 38.0. The molecule has 0 fully saturated rings. The molecule has 0 amide bonds. The van der Waals surface area contributed by atoms with Crippen LogP contribution < -0.4 is 39.4 Å². The molecule has 4 rings (SSSR count). The molecule has 0 aliphatic heterocycles. The normalized spacial score (nSPS) is 12.0. The molecule has 0 unspecified atom stereocenters. The number of carbonyl (C=O) groups is 1. The van der Waals surface area contributed by atoms with Crippen LogP contribution in [0.4, 0.5) is 4.39 Å². The molecule has 7 nitrogen and oxygen atoms in total. The number of aliphatic hydroxyl groups excluding tert-OH is 2. The third-order valence-electron chi connectivity index (χ3n) is 6.58. The molecule has 3 aromatic carbocycles. The number of carbonyl (C=O) groups excluding carboxylic acids is 1. The molecule has 0 spiro atoms. The Morgan fingerprint density at radius 3 is 2.05 bits per heavy atom. The Balaban J connectivity index is 0.00000201. The van der Waals surface area contributed by atoms with Gasteiger partial charge < -0.3 is 29.4 Å². The fourth-order valence-corrected chi connectivity index (χ4v) is 4.90. The van der Waals surface area contributed by atoms with E-state index < -0.39 is 24.6 Å². The van der Waals surface area contributed by atoms with Crippen molar-refractivity contribution in [3.63, 3.8) is 0 Å². The first-order valence-electron chi connectivity index (χ1n) is 13.4. The summed E-state index contributed by atoms with van der Waals surface area (Å²) < 4.78 is 22.6. The maximum Gasteiger partial charge on any atom is 1.00 e. The van der Waals surface area contributed by atoms with E-state index in [9.17, 15) is 24.5 Å². The zero-order valence-corrected chi connectivity index (χ0v) is 26.1. The van der Waals surface area contributed by atoms with Gasteiger partial charge in [-0.05, 0) is 66.3 Å². The number of aliphatic hydroxyl groups is 2. The average molecular weight is 581 g/mol. The van der Waals surface area contributed by atoms with E-state index in [1.54, 1.807) is 12.1 Å². The molecule has 0 bridgehead atoms. The standard InChI is InChI=1S/C32H34FNO5.CHN.Na/c1-21(2)30-32(39-27-11-7-4-8-12-27)29(22-9-5-3-6-10-22)31(23-13-15-24(33)16-14-23)34(30)18-17-25(35)19-26(36)20-28(37)38;1-2;/h3-16,21,25-26,35-36H,17-20H2,1-2H3,(H,37,38);1H;/q;;+1/p-1/t25-,26-;;/m1../s1. The first-order chi connectivity index (χ1) is 19.7. The fourth-order valence-electron chi connectivity index (χ4n) is 4.90. The molecule has 42 heavy (non-hydrogen) atoms. The first-order valence-corrected chi connectivity index (χ1v) is 13.4. The SMILES string of the molecule is C#N.CC(C)c1c(Oc2ccccc2)c(-c2ccccc2)c(-c2ccc(F)cc2)n1CC[C@@H](O)C[C@@H](O)CC(=O)[O-].[Na+]. The summed E-state index contributed by atoms with van der Waals surface area (Å²) in [6, 6.07) is 25.6. The number of carboxylic acid groups (broad SMARTS) is 1. The summed E-state index contributed by atoms with van der Waals surface area (Å²) in [6.45, 7) is 7.98. The molecular weight excluding hydrogens is 546 g/mol. The molecule has 0 saturated heterocycles. The fraction of sp³-hybridized carbons (Fsp3) is 0.273. The molecule has 0 radical (unpaired) electrons. The van der Waals surface area contributed by atoms with E-state index in [4.69, 9.17) is 10.00 Å². The Bertz CT molecular complexity index is 1420. The number of ether oxygens (including phenoxy) is 1. The van der Waals surface area contributed by atoms with E-state index in [-0.39, 0.29) is 54.1 Å². The number of nitrogens with zero attached hydrogens (tertiary/aromatic N) is 2. The number of benzene rings is 3. The van der Waals surface area contributed by atoms with Gasteiger partial charge >= 0.3 is 29.6 Å². The second kappa shape index (κ2) is 16.9. The van der Waals surface area contributed by atoms with Gasteiger partial charge in [0.05, 0.1) is 29.2 Å². The van der Waals surface area contributed by atoms with Crippen LogP contribution in [-0.2, 0) is 11.3 Å². The molecule has 0 aliphatic carbocycles. The van der Waals surface area contributed by atoms with Gasteiger partial charge in [-0.25, -0.2) is 9.65 Å². The molecule has 9 heteroatoms. The zero-order valence-electron chi connectivity index (χ0n) is 24.1. The molecule has 0 aliphatic rings. The second-order valence-corrected chi connectivity index (χ2v) is 9.94. The van der Waals surface area contributed by atoms with E-state index in [0.29, 0.717) is 18.0 Å². The van der Waals surface area contributed by atoms with Crippen LogP contribution in [0, 0.1) is 17.7 Å². The number of rotatable bonds is 12. The molecule has 1 heterocycles. The summed E-state index contributed by atoms with van der Waals surface area (Å²) in [5.41, 5.74) is 4.28. The van der Waals surface area contributed by atoms with Crippen LogP contribution in [0.5, 0.6) is 11.5 Å². The van der Waals surface area contributed by atoms with Crippen LogP contribution in [-0.4, -0.2) is 33.0 Å². The molecule has 0 saturated carbocycles. The van der Waals surface area contributed by atoms with Crippen molar-refractivity contribution in [3.8, 4) is 40.5 Å². The minimum atomic E-state index is -1.36. The van der Waals surface area contributed by atoms with Gasteiger partial charge in [-0.2, -0.15) is 0 Å². The Hall–Kier alpha value is -3.45. The number of nitriles is 1. The van der Waals surface area contributed by atoms with Gasteiger partial charge in [-0.1, -0.05) is 62.4 Å². The van der Waals surface area contributed by atoms with Crippen molar-refractivity contribution in [1.82, 2.24) is 4.57 Å². The number of para-hydroxylation sites is 1. The van der Waals surface area contributed by atoms with Gasteiger partial charge in [-0.3, -0.25) is 0 Å². The number of hydrogen-bond acceptors (Lipinski definition) is 6. The van der Waals surface area contributed by atoms with Crippen molar-refractivity contribution < 1.29 is 58.8 Å². The predicted molar refractivity (Wildman–Crippen MR) is 153 cm³/mol. The summed E-state index contributed by atoms with van der Waals surface area (Å²) in [6.07, 6.45) is -2.51. The maximum atomic E-state index is 14.0. The van der Waals surface area contributed by atoms with E-state index >= 15 is 0 Å². The van der Waals surface area contributed by atoms with E-state index in [2.05, 4.69) is 25.0 Å². The number of carboxylic acids is 1. The van der Waals surface area contributed by atoms with Gasteiger partial charge in [-0.15, -0.1) is 0 Å². The van der Waals surface area contributed by atoms with Crippen molar-refractivity contribution >= 4 is 5.97 Å². The van der Waals surface area contributed by atoms with Crippen molar-refractivity contribution in [3.05, 3.63) is 96.4 Å². The third kappa shape index (κ3) is 9.02. The number of hydrogen-bond donors (Lipinski definition) is 2. The summed E-state index contributed by atoms with van der Waals surface area (Å²) >= 11 is 0. The zero-order chi connectivity index (χ0) is 29.9. The summed E-state index contributed by atoms with van der Waals surface area (Å²) in [4.78, 5) is 10.8. The average Bonchev–Trinajstić information content (AvgIpc) is 3.27. The minimum Gasteiger partial charge on any atom is -0.550 e. The van der Waals surface area contributed by atoms with E-state index in [1.165, 1.54) is 12.1 Å².